The van der Waals surface area contributed by atoms with Crippen molar-refractivity contribution in [3.8, 4) is 0 Å². The number of benzene rings is 1. The Morgan fingerprint density at radius 2 is 2.00 bits per heavy atom. The van der Waals surface area contributed by atoms with Gasteiger partial charge in [-0.3, -0.25) is 0 Å². The predicted octanol–water partition coefficient (Wildman–Crippen LogP) is 3.59. The Hall–Kier alpha value is -1.19. The van der Waals surface area contributed by atoms with E-state index in [0.717, 1.165) is 6.54 Å². The molecule has 0 bridgehead atoms. The first-order valence-electron chi connectivity index (χ1n) is 5.79. The van der Waals surface area contributed by atoms with Crippen LogP contribution in [-0.2, 0) is 6.54 Å². The Labute approximate surface area is 107 Å². The van der Waals surface area contributed by atoms with E-state index < -0.39 is 0 Å². The number of aromatic amines is 1. The van der Waals surface area contributed by atoms with Crippen molar-refractivity contribution in [2.75, 3.05) is 6.26 Å². The first-order valence-corrected chi connectivity index (χ1v) is 7.01. The van der Waals surface area contributed by atoms with Crippen molar-refractivity contribution in [3.05, 3.63) is 53.9 Å². The second-order valence-corrected chi connectivity index (χ2v) is 4.95. The maximum Gasteiger partial charge on any atom is 0.0362 e. The standard InChI is InChI=1S/C14H18N2S/c1-11(16-10-13-4-3-9-15-13)12-5-7-14(17-2)8-6-12/h3-9,11,15-16H,10H2,1-2H3. The van der Waals surface area contributed by atoms with Gasteiger partial charge in [-0.2, -0.15) is 0 Å². The Kier molecular flexibility index (Phi) is 4.29. The zero-order valence-corrected chi connectivity index (χ0v) is 11.1. The summed E-state index contributed by atoms with van der Waals surface area (Å²) in [6.45, 7) is 3.06. The van der Waals surface area contributed by atoms with Crippen LogP contribution < -0.4 is 5.32 Å². The normalized spacial score (nSPS) is 12.6. The van der Waals surface area contributed by atoms with Crippen molar-refractivity contribution < 1.29 is 0 Å². The molecule has 0 aliphatic carbocycles. The molecule has 90 valence electrons. The summed E-state index contributed by atoms with van der Waals surface area (Å²) in [5, 5.41) is 3.50. The lowest BCUT2D eigenvalue weighted by molar-refractivity contribution is 0.569. The van der Waals surface area contributed by atoms with E-state index in [1.165, 1.54) is 16.2 Å². The van der Waals surface area contributed by atoms with Crippen LogP contribution in [0, 0.1) is 0 Å². The minimum atomic E-state index is 0.370. The van der Waals surface area contributed by atoms with Crippen LogP contribution in [0.1, 0.15) is 24.2 Å². The Balaban J connectivity index is 1.92. The number of hydrogen-bond donors (Lipinski definition) is 2. The topological polar surface area (TPSA) is 27.8 Å². The van der Waals surface area contributed by atoms with Gasteiger partial charge in [-0.15, -0.1) is 11.8 Å². The van der Waals surface area contributed by atoms with Gasteiger partial charge in [-0.05, 0) is 43.0 Å². The van der Waals surface area contributed by atoms with Crippen LogP contribution in [0.5, 0.6) is 0 Å². The van der Waals surface area contributed by atoms with Gasteiger partial charge in [-0.1, -0.05) is 12.1 Å². The number of H-pyrrole nitrogens is 1. The lowest BCUT2D eigenvalue weighted by Crippen LogP contribution is -2.18. The van der Waals surface area contributed by atoms with Crippen molar-refractivity contribution in [2.24, 2.45) is 0 Å². The van der Waals surface area contributed by atoms with Crippen LogP contribution in [0.2, 0.25) is 0 Å². The van der Waals surface area contributed by atoms with Crippen LogP contribution in [0.15, 0.2) is 47.5 Å². The molecule has 1 aromatic heterocycles. The van der Waals surface area contributed by atoms with Crippen molar-refractivity contribution in [1.82, 2.24) is 10.3 Å². The van der Waals surface area contributed by atoms with E-state index >= 15 is 0 Å². The van der Waals surface area contributed by atoms with Gasteiger partial charge in [0.25, 0.3) is 0 Å². The fourth-order valence-corrected chi connectivity index (χ4v) is 2.16. The summed E-state index contributed by atoms with van der Waals surface area (Å²) in [7, 11) is 0. The summed E-state index contributed by atoms with van der Waals surface area (Å²) in [4.78, 5) is 4.51. The number of thioether (sulfide) groups is 1. The minimum absolute atomic E-state index is 0.370. The highest BCUT2D eigenvalue weighted by Crippen LogP contribution is 2.19. The van der Waals surface area contributed by atoms with E-state index in [9.17, 15) is 0 Å². The van der Waals surface area contributed by atoms with E-state index in [1.54, 1.807) is 11.8 Å². The minimum Gasteiger partial charge on any atom is -0.364 e. The second-order valence-electron chi connectivity index (χ2n) is 4.07. The average molecular weight is 246 g/mol. The van der Waals surface area contributed by atoms with Gasteiger partial charge in [0.05, 0.1) is 0 Å². The summed E-state index contributed by atoms with van der Waals surface area (Å²) in [6.07, 6.45) is 4.05. The third-order valence-electron chi connectivity index (χ3n) is 2.88. The molecule has 1 heterocycles. The summed E-state index contributed by atoms with van der Waals surface area (Å²) in [5.74, 6) is 0. The highest BCUT2D eigenvalue weighted by molar-refractivity contribution is 7.98. The fourth-order valence-electron chi connectivity index (χ4n) is 1.75. The zero-order chi connectivity index (χ0) is 12.1. The van der Waals surface area contributed by atoms with Gasteiger partial charge < -0.3 is 10.3 Å². The number of hydrogen-bond acceptors (Lipinski definition) is 2. The first-order chi connectivity index (χ1) is 8.29. The molecule has 0 spiro atoms. The molecule has 0 aliphatic heterocycles. The van der Waals surface area contributed by atoms with E-state index in [1.807, 2.05) is 12.3 Å². The molecule has 2 rings (SSSR count). The van der Waals surface area contributed by atoms with Gasteiger partial charge in [0, 0.05) is 29.4 Å². The molecule has 0 aliphatic rings. The summed E-state index contributed by atoms with van der Waals surface area (Å²) in [6, 6.07) is 13.2. The molecule has 2 aromatic rings. The number of rotatable bonds is 5. The van der Waals surface area contributed by atoms with Gasteiger partial charge in [0.2, 0.25) is 0 Å². The third-order valence-corrected chi connectivity index (χ3v) is 3.62. The van der Waals surface area contributed by atoms with Crippen LogP contribution >= 0.6 is 11.8 Å². The van der Waals surface area contributed by atoms with E-state index in [4.69, 9.17) is 0 Å². The lowest BCUT2D eigenvalue weighted by atomic mass is 10.1. The largest absolute Gasteiger partial charge is 0.364 e. The fraction of sp³-hybridized carbons (Fsp3) is 0.286. The molecule has 0 saturated heterocycles. The maximum atomic E-state index is 3.50. The maximum absolute atomic E-state index is 3.50. The molecule has 0 amide bonds. The molecule has 1 unspecified atom stereocenters. The summed E-state index contributed by atoms with van der Waals surface area (Å²) >= 11 is 1.78. The highest BCUT2D eigenvalue weighted by atomic mass is 32.2. The lowest BCUT2D eigenvalue weighted by Gasteiger charge is -2.14. The van der Waals surface area contributed by atoms with Crippen molar-refractivity contribution >= 4 is 11.8 Å². The van der Waals surface area contributed by atoms with E-state index in [0.29, 0.717) is 6.04 Å². The van der Waals surface area contributed by atoms with Crippen LogP contribution in [0.4, 0.5) is 0 Å². The van der Waals surface area contributed by atoms with E-state index in [2.05, 4.69) is 53.8 Å². The van der Waals surface area contributed by atoms with Crippen molar-refractivity contribution in [1.29, 1.82) is 0 Å². The molecular formula is C14H18N2S. The predicted molar refractivity (Wildman–Crippen MR) is 74.3 cm³/mol. The smallest absolute Gasteiger partial charge is 0.0362 e. The molecule has 2 N–H and O–H groups in total. The molecule has 2 nitrogen and oxygen atoms in total. The van der Waals surface area contributed by atoms with Crippen LogP contribution in [0.25, 0.3) is 0 Å². The number of aromatic nitrogens is 1. The second kappa shape index (κ2) is 5.94. The summed E-state index contributed by atoms with van der Waals surface area (Å²) < 4.78 is 0. The Morgan fingerprint density at radius 3 is 2.59 bits per heavy atom. The SMILES string of the molecule is CSc1ccc(C(C)NCc2ccc[nH]2)cc1. The van der Waals surface area contributed by atoms with Crippen molar-refractivity contribution in [3.63, 3.8) is 0 Å². The molecule has 17 heavy (non-hydrogen) atoms. The molecule has 1 atom stereocenters. The van der Waals surface area contributed by atoms with Gasteiger partial charge in [0.15, 0.2) is 0 Å². The van der Waals surface area contributed by atoms with Crippen LogP contribution in [-0.4, -0.2) is 11.2 Å². The average Bonchev–Trinajstić information content (AvgIpc) is 2.89. The van der Waals surface area contributed by atoms with Gasteiger partial charge >= 0.3 is 0 Å². The molecule has 1 aromatic carbocycles. The van der Waals surface area contributed by atoms with Gasteiger partial charge in [0.1, 0.15) is 0 Å². The summed E-state index contributed by atoms with van der Waals surface area (Å²) in [5.41, 5.74) is 2.55. The first kappa shape index (κ1) is 12.3. The quantitative estimate of drug-likeness (QED) is 0.789. The molecule has 0 fully saturated rings. The Bertz CT molecular complexity index is 434. The van der Waals surface area contributed by atoms with Crippen molar-refractivity contribution in [2.45, 2.75) is 24.4 Å². The molecular weight excluding hydrogens is 228 g/mol. The molecule has 3 heteroatoms. The molecule has 0 radical (unpaired) electrons. The monoisotopic (exact) mass is 246 g/mol. The highest BCUT2D eigenvalue weighted by Gasteiger charge is 2.04. The van der Waals surface area contributed by atoms with Crippen LogP contribution in [0.3, 0.4) is 0 Å². The number of nitrogens with one attached hydrogen (secondary N) is 2. The van der Waals surface area contributed by atoms with Gasteiger partial charge in [-0.25, -0.2) is 0 Å². The molecule has 0 saturated carbocycles. The zero-order valence-electron chi connectivity index (χ0n) is 10.2. The Morgan fingerprint density at radius 1 is 1.24 bits per heavy atom. The third kappa shape index (κ3) is 3.38. The van der Waals surface area contributed by atoms with E-state index in [-0.39, 0.29) is 0 Å².